The molecular weight excluding hydrogens is 348 g/mol. The molecule has 1 heterocycles. The van der Waals surface area contributed by atoms with Gasteiger partial charge < -0.3 is 10.4 Å². The Morgan fingerprint density at radius 3 is 2.44 bits per heavy atom. The highest BCUT2D eigenvalue weighted by atomic mass is 16.6. The molecule has 0 aliphatic heterocycles. The zero-order chi connectivity index (χ0) is 20.5. The number of phenolic OH excluding ortho intramolecular Hbond substituents is 1. The van der Waals surface area contributed by atoms with Gasteiger partial charge >= 0.3 is 5.69 Å². The predicted molar refractivity (Wildman–Crippen MR) is 103 cm³/mol. The van der Waals surface area contributed by atoms with Gasteiger partial charge in [0.15, 0.2) is 0 Å². The summed E-state index contributed by atoms with van der Waals surface area (Å²) in [7, 11) is 0. The second kappa shape index (κ2) is 7.77. The smallest absolute Gasteiger partial charge is 0.312 e. The number of anilines is 1. The second-order valence-electron chi connectivity index (χ2n) is 7.23. The van der Waals surface area contributed by atoms with Crippen LogP contribution in [0.5, 0.6) is 5.75 Å². The Balaban J connectivity index is 2.19. The fraction of sp³-hybridized carbons (Fsp3) is 0.474. The van der Waals surface area contributed by atoms with E-state index in [-0.39, 0.29) is 29.8 Å². The standard InChI is InChI=1S/C19H26N4O4/c1-10(2)15-8-16(11(3)7-17(15)24)20-19(25)12(4)9-22-14(6)18(23(26)27)13(5)21-22/h7-8,10,12,24H,9H2,1-6H3,(H,20,25). The SMILES string of the molecule is Cc1cc(O)c(C(C)C)cc1NC(=O)C(C)Cn1nc(C)c([N+](=O)[O-])c1C. The van der Waals surface area contributed by atoms with E-state index in [4.69, 9.17) is 0 Å². The molecule has 0 aliphatic carbocycles. The molecule has 1 unspecified atom stereocenters. The van der Waals surface area contributed by atoms with Crippen LogP contribution in [0.15, 0.2) is 12.1 Å². The zero-order valence-corrected chi connectivity index (χ0v) is 16.5. The van der Waals surface area contributed by atoms with Crippen LogP contribution in [-0.2, 0) is 11.3 Å². The van der Waals surface area contributed by atoms with Crippen LogP contribution in [0.4, 0.5) is 11.4 Å². The summed E-state index contributed by atoms with van der Waals surface area (Å²) < 4.78 is 1.50. The van der Waals surface area contributed by atoms with Crippen molar-refractivity contribution < 1.29 is 14.8 Å². The molecule has 0 bridgehead atoms. The first-order valence-electron chi connectivity index (χ1n) is 8.85. The van der Waals surface area contributed by atoms with Crippen LogP contribution >= 0.6 is 0 Å². The number of aromatic hydroxyl groups is 1. The van der Waals surface area contributed by atoms with Crippen molar-refractivity contribution in [1.29, 1.82) is 0 Å². The number of phenols is 1. The lowest BCUT2D eigenvalue weighted by Gasteiger charge is -2.17. The van der Waals surface area contributed by atoms with Gasteiger partial charge in [-0.15, -0.1) is 0 Å². The van der Waals surface area contributed by atoms with Gasteiger partial charge in [0.2, 0.25) is 5.91 Å². The van der Waals surface area contributed by atoms with Gasteiger partial charge in [0.25, 0.3) is 0 Å². The van der Waals surface area contributed by atoms with E-state index in [0.29, 0.717) is 17.1 Å². The van der Waals surface area contributed by atoms with Gasteiger partial charge in [0, 0.05) is 5.69 Å². The molecular formula is C19H26N4O4. The number of nitrogens with zero attached hydrogens (tertiary/aromatic N) is 3. The molecule has 27 heavy (non-hydrogen) atoms. The molecule has 1 atom stereocenters. The molecule has 0 spiro atoms. The van der Waals surface area contributed by atoms with Crippen LogP contribution in [0.2, 0.25) is 0 Å². The minimum atomic E-state index is -0.452. The second-order valence-corrected chi connectivity index (χ2v) is 7.23. The first-order valence-corrected chi connectivity index (χ1v) is 8.85. The number of benzene rings is 1. The zero-order valence-electron chi connectivity index (χ0n) is 16.5. The van der Waals surface area contributed by atoms with Crippen molar-refractivity contribution in [2.45, 2.75) is 54.0 Å². The Morgan fingerprint density at radius 2 is 1.93 bits per heavy atom. The lowest BCUT2D eigenvalue weighted by Crippen LogP contribution is -2.25. The molecule has 146 valence electrons. The molecule has 1 amide bonds. The highest BCUT2D eigenvalue weighted by Crippen LogP contribution is 2.31. The van der Waals surface area contributed by atoms with Crippen molar-refractivity contribution in [3.8, 4) is 5.75 Å². The normalized spacial score (nSPS) is 12.3. The molecule has 2 rings (SSSR count). The van der Waals surface area contributed by atoms with E-state index in [9.17, 15) is 20.0 Å². The van der Waals surface area contributed by atoms with Crippen LogP contribution in [0.25, 0.3) is 0 Å². The summed E-state index contributed by atoms with van der Waals surface area (Å²) in [5, 5.41) is 28.3. The highest BCUT2D eigenvalue weighted by Gasteiger charge is 2.24. The predicted octanol–water partition coefficient (Wildman–Crippen LogP) is 3.82. The first kappa shape index (κ1) is 20.4. The fourth-order valence-electron chi connectivity index (χ4n) is 3.03. The minimum Gasteiger partial charge on any atom is -0.508 e. The Hall–Kier alpha value is -2.90. The van der Waals surface area contributed by atoms with Crippen LogP contribution < -0.4 is 5.32 Å². The molecule has 0 fully saturated rings. The van der Waals surface area contributed by atoms with Crippen molar-refractivity contribution in [1.82, 2.24) is 9.78 Å². The Morgan fingerprint density at radius 1 is 1.30 bits per heavy atom. The van der Waals surface area contributed by atoms with E-state index in [1.807, 2.05) is 20.8 Å². The van der Waals surface area contributed by atoms with E-state index in [1.54, 1.807) is 32.9 Å². The van der Waals surface area contributed by atoms with Crippen molar-refractivity contribution in [3.05, 3.63) is 44.8 Å². The van der Waals surface area contributed by atoms with E-state index in [2.05, 4.69) is 10.4 Å². The Kier molecular flexibility index (Phi) is 5.88. The summed E-state index contributed by atoms with van der Waals surface area (Å²) in [5.74, 6) is -0.329. The van der Waals surface area contributed by atoms with E-state index >= 15 is 0 Å². The average molecular weight is 374 g/mol. The van der Waals surface area contributed by atoms with E-state index < -0.39 is 10.8 Å². The Bertz CT molecular complexity index is 886. The van der Waals surface area contributed by atoms with Gasteiger partial charge in [-0.2, -0.15) is 5.10 Å². The number of rotatable bonds is 6. The maximum atomic E-state index is 12.6. The number of aromatic nitrogens is 2. The Labute approximate surface area is 158 Å². The van der Waals surface area contributed by atoms with Crippen molar-refractivity contribution >= 4 is 17.3 Å². The number of amides is 1. The summed E-state index contributed by atoms with van der Waals surface area (Å²) in [5.41, 5.74) is 2.92. The number of hydrogen-bond donors (Lipinski definition) is 2. The van der Waals surface area contributed by atoms with Gasteiger partial charge in [0.1, 0.15) is 17.1 Å². The lowest BCUT2D eigenvalue weighted by atomic mass is 9.99. The molecule has 1 aromatic carbocycles. The fourth-order valence-corrected chi connectivity index (χ4v) is 3.03. The largest absolute Gasteiger partial charge is 0.508 e. The third-order valence-corrected chi connectivity index (χ3v) is 4.67. The third-order valence-electron chi connectivity index (χ3n) is 4.67. The summed E-state index contributed by atoms with van der Waals surface area (Å²) in [6, 6.07) is 3.42. The molecule has 8 heteroatoms. The highest BCUT2D eigenvalue weighted by molar-refractivity contribution is 5.93. The van der Waals surface area contributed by atoms with Crippen molar-refractivity contribution in [2.75, 3.05) is 5.32 Å². The van der Waals surface area contributed by atoms with Gasteiger partial charge in [-0.05, 0) is 49.9 Å². The molecule has 2 aromatic rings. The summed E-state index contributed by atoms with van der Waals surface area (Å²) in [4.78, 5) is 23.3. The molecule has 1 aromatic heterocycles. The van der Waals surface area contributed by atoms with E-state index in [0.717, 1.165) is 11.1 Å². The molecule has 0 aliphatic rings. The number of nitro groups is 1. The molecule has 0 saturated carbocycles. The molecule has 8 nitrogen and oxygen atoms in total. The van der Waals surface area contributed by atoms with Crippen LogP contribution in [-0.4, -0.2) is 25.7 Å². The van der Waals surface area contributed by atoms with Gasteiger partial charge in [-0.3, -0.25) is 19.6 Å². The first-order chi connectivity index (χ1) is 12.5. The number of nitrogens with one attached hydrogen (secondary N) is 1. The van der Waals surface area contributed by atoms with Gasteiger partial charge in [-0.1, -0.05) is 20.8 Å². The number of hydrogen-bond acceptors (Lipinski definition) is 5. The quantitative estimate of drug-likeness (QED) is 0.454. The van der Waals surface area contributed by atoms with Gasteiger partial charge in [0.05, 0.1) is 17.4 Å². The van der Waals surface area contributed by atoms with Crippen LogP contribution in [0.3, 0.4) is 0 Å². The average Bonchev–Trinajstić information content (AvgIpc) is 2.83. The maximum absolute atomic E-state index is 12.6. The summed E-state index contributed by atoms with van der Waals surface area (Å²) in [6.45, 7) is 10.9. The molecule has 0 saturated heterocycles. The van der Waals surface area contributed by atoms with Crippen LogP contribution in [0.1, 0.15) is 49.2 Å². The number of carbonyl (C=O) groups excluding carboxylic acids is 1. The van der Waals surface area contributed by atoms with Crippen molar-refractivity contribution in [3.63, 3.8) is 0 Å². The monoisotopic (exact) mass is 374 g/mol. The van der Waals surface area contributed by atoms with Crippen LogP contribution in [0, 0.1) is 36.8 Å². The molecule has 0 radical (unpaired) electrons. The minimum absolute atomic E-state index is 0.0152. The van der Waals surface area contributed by atoms with Gasteiger partial charge in [-0.25, -0.2) is 0 Å². The third kappa shape index (κ3) is 4.27. The van der Waals surface area contributed by atoms with Crippen molar-refractivity contribution in [2.24, 2.45) is 5.92 Å². The summed E-state index contributed by atoms with van der Waals surface area (Å²) >= 11 is 0. The summed E-state index contributed by atoms with van der Waals surface area (Å²) in [6.07, 6.45) is 0. The maximum Gasteiger partial charge on any atom is 0.312 e. The lowest BCUT2D eigenvalue weighted by molar-refractivity contribution is -0.386. The topological polar surface area (TPSA) is 110 Å². The molecule has 2 N–H and O–H groups in total. The number of aryl methyl sites for hydroxylation is 2. The number of carbonyl (C=O) groups is 1. The van der Waals surface area contributed by atoms with E-state index in [1.165, 1.54) is 4.68 Å².